The fourth-order valence-corrected chi connectivity index (χ4v) is 3.27. The summed E-state index contributed by atoms with van der Waals surface area (Å²) in [7, 11) is -3.53. The first-order chi connectivity index (χ1) is 9.35. The number of nitrogens with one attached hydrogen (secondary N) is 1. The fraction of sp³-hybridized carbons (Fsp3) is 0.467. The van der Waals surface area contributed by atoms with Crippen LogP contribution in [0.3, 0.4) is 0 Å². The summed E-state index contributed by atoms with van der Waals surface area (Å²) in [5.41, 5.74) is 0.568. The van der Waals surface area contributed by atoms with Crippen molar-refractivity contribution < 1.29 is 13.5 Å². The third kappa shape index (κ3) is 5.33. The zero-order valence-corrected chi connectivity index (χ0v) is 12.9. The molecule has 4 nitrogen and oxygen atoms in total. The molecule has 1 unspecified atom stereocenters. The first kappa shape index (κ1) is 16.7. The van der Waals surface area contributed by atoms with Gasteiger partial charge in [-0.2, -0.15) is 0 Å². The molecule has 0 aromatic heterocycles. The predicted octanol–water partition coefficient (Wildman–Crippen LogP) is 1.74. The van der Waals surface area contributed by atoms with E-state index in [0.29, 0.717) is 11.5 Å². The Labute approximate surface area is 121 Å². The second-order valence-electron chi connectivity index (χ2n) is 5.14. The molecule has 0 saturated carbocycles. The Hall–Kier alpha value is -1.35. The van der Waals surface area contributed by atoms with Gasteiger partial charge in [0.25, 0.3) is 0 Å². The van der Waals surface area contributed by atoms with Gasteiger partial charge in [0.15, 0.2) is 0 Å². The third-order valence-electron chi connectivity index (χ3n) is 2.64. The van der Waals surface area contributed by atoms with Crippen LogP contribution in [0.4, 0.5) is 0 Å². The van der Waals surface area contributed by atoms with Gasteiger partial charge in [-0.1, -0.05) is 31.8 Å². The summed E-state index contributed by atoms with van der Waals surface area (Å²) in [5.74, 6) is 5.63. The van der Waals surface area contributed by atoms with E-state index in [2.05, 4.69) is 30.4 Å². The van der Waals surface area contributed by atoms with Gasteiger partial charge in [-0.15, -0.1) is 0 Å². The monoisotopic (exact) mass is 295 g/mol. The highest BCUT2D eigenvalue weighted by Crippen LogP contribution is 2.13. The standard InChI is InChI=1S/C15H21NO3S/c1-12(2)10-13(3)16-20(18,19)15-8-4-6-14(11-15)7-5-9-17/h4,6,8,11-13,16-17H,9-10H2,1-3H3. The molecule has 1 aromatic rings. The highest BCUT2D eigenvalue weighted by atomic mass is 32.2. The topological polar surface area (TPSA) is 66.4 Å². The Morgan fingerprint density at radius 2 is 2.00 bits per heavy atom. The maximum absolute atomic E-state index is 12.2. The van der Waals surface area contributed by atoms with Gasteiger partial charge in [0, 0.05) is 11.6 Å². The molecule has 1 atom stereocenters. The molecule has 0 aliphatic carbocycles. The number of aliphatic hydroxyl groups is 1. The Balaban J connectivity index is 2.92. The lowest BCUT2D eigenvalue weighted by atomic mass is 10.1. The molecule has 20 heavy (non-hydrogen) atoms. The molecule has 0 radical (unpaired) electrons. The minimum atomic E-state index is -3.53. The molecule has 110 valence electrons. The maximum Gasteiger partial charge on any atom is 0.240 e. The summed E-state index contributed by atoms with van der Waals surface area (Å²) in [6.45, 7) is 5.71. The second kappa shape index (κ2) is 7.44. The van der Waals surface area contributed by atoms with Gasteiger partial charge in [-0.25, -0.2) is 13.1 Å². The summed E-state index contributed by atoms with van der Waals surface area (Å²) in [6, 6.07) is 6.27. The number of hydrogen-bond donors (Lipinski definition) is 2. The van der Waals surface area contributed by atoms with Crippen LogP contribution in [0.15, 0.2) is 29.2 Å². The molecule has 0 aliphatic rings. The van der Waals surface area contributed by atoms with E-state index < -0.39 is 10.0 Å². The SMILES string of the molecule is CC(C)CC(C)NS(=O)(=O)c1cccc(C#CCO)c1. The smallest absolute Gasteiger partial charge is 0.240 e. The van der Waals surface area contributed by atoms with Crippen molar-refractivity contribution in [3.05, 3.63) is 29.8 Å². The Morgan fingerprint density at radius 1 is 1.30 bits per heavy atom. The van der Waals surface area contributed by atoms with E-state index >= 15 is 0 Å². The van der Waals surface area contributed by atoms with Gasteiger partial charge in [-0.3, -0.25) is 0 Å². The van der Waals surface area contributed by atoms with Crippen LogP contribution in [0.1, 0.15) is 32.8 Å². The van der Waals surface area contributed by atoms with Crippen molar-refractivity contribution in [2.45, 2.75) is 38.1 Å². The van der Waals surface area contributed by atoms with Crippen molar-refractivity contribution in [1.29, 1.82) is 0 Å². The summed E-state index contributed by atoms with van der Waals surface area (Å²) >= 11 is 0. The largest absolute Gasteiger partial charge is 0.384 e. The van der Waals surface area contributed by atoms with Crippen LogP contribution in [0, 0.1) is 17.8 Å². The molecule has 0 spiro atoms. The molecular weight excluding hydrogens is 274 g/mol. The van der Waals surface area contributed by atoms with Crippen LogP contribution < -0.4 is 4.72 Å². The Bertz CT molecular complexity index is 597. The molecular formula is C15H21NO3S. The lowest BCUT2D eigenvalue weighted by Crippen LogP contribution is -2.33. The van der Waals surface area contributed by atoms with E-state index in [0.717, 1.165) is 6.42 Å². The molecule has 0 amide bonds. The molecule has 0 saturated heterocycles. The van der Waals surface area contributed by atoms with Crippen molar-refractivity contribution in [1.82, 2.24) is 4.72 Å². The molecule has 0 bridgehead atoms. The van der Waals surface area contributed by atoms with Gasteiger partial charge >= 0.3 is 0 Å². The molecule has 5 heteroatoms. The van der Waals surface area contributed by atoms with Crippen LogP contribution in [0.25, 0.3) is 0 Å². The number of aliphatic hydroxyl groups excluding tert-OH is 1. The fourth-order valence-electron chi connectivity index (χ4n) is 1.97. The first-order valence-corrected chi connectivity index (χ1v) is 8.05. The van der Waals surface area contributed by atoms with Crippen molar-refractivity contribution in [2.24, 2.45) is 5.92 Å². The quantitative estimate of drug-likeness (QED) is 0.813. The second-order valence-corrected chi connectivity index (χ2v) is 6.85. The van der Waals surface area contributed by atoms with Crippen molar-refractivity contribution in [3.63, 3.8) is 0 Å². The van der Waals surface area contributed by atoms with E-state index in [-0.39, 0.29) is 17.5 Å². The van der Waals surface area contributed by atoms with Crippen molar-refractivity contribution in [2.75, 3.05) is 6.61 Å². The van der Waals surface area contributed by atoms with Crippen LogP contribution in [-0.2, 0) is 10.0 Å². The highest BCUT2D eigenvalue weighted by molar-refractivity contribution is 7.89. The summed E-state index contributed by atoms with van der Waals surface area (Å²) < 4.78 is 27.1. The maximum atomic E-state index is 12.2. The lowest BCUT2D eigenvalue weighted by Gasteiger charge is -2.16. The average molecular weight is 295 g/mol. The summed E-state index contributed by atoms with van der Waals surface area (Å²) in [4.78, 5) is 0.192. The predicted molar refractivity (Wildman–Crippen MR) is 79.6 cm³/mol. The minimum Gasteiger partial charge on any atom is -0.384 e. The molecule has 0 fully saturated rings. The van der Waals surface area contributed by atoms with Crippen molar-refractivity contribution >= 4 is 10.0 Å². The minimum absolute atomic E-state index is 0.118. The van der Waals surface area contributed by atoms with E-state index in [1.54, 1.807) is 12.1 Å². The van der Waals surface area contributed by atoms with Gasteiger partial charge in [0.05, 0.1) is 4.90 Å². The number of rotatable bonds is 5. The zero-order chi connectivity index (χ0) is 15.2. The third-order valence-corrected chi connectivity index (χ3v) is 4.22. The van der Waals surface area contributed by atoms with Crippen molar-refractivity contribution in [3.8, 4) is 11.8 Å². The Kier molecular flexibility index (Phi) is 6.21. The number of benzene rings is 1. The van der Waals surface area contributed by atoms with E-state index in [9.17, 15) is 8.42 Å². The molecule has 0 aliphatic heterocycles. The first-order valence-electron chi connectivity index (χ1n) is 6.57. The van der Waals surface area contributed by atoms with Crippen LogP contribution in [-0.4, -0.2) is 26.2 Å². The van der Waals surface area contributed by atoms with E-state index in [1.165, 1.54) is 12.1 Å². The molecule has 1 aromatic carbocycles. The van der Waals surface area contributed by atoms with Crippen LogP contribution >= 0.6 is 0 Å². The van der Waals surface area contributed by atoms with Gasteiger partial charge in [0.1, 0.15) is 6.61 Å². The van der Waals surface area contributed by atoms with Gasteiger partial charge < -0.3 is 5.11 Å². The molecule has 2 N–H and O–H groups in total. The zero-order valence-electron chi connectivity index (χ0n) is 12.1. The lowest BCUT2D eigenvalue weighted by molar-refractivity contribution is 0.350. The normalized spacial score (nSPS) is 12.8. The number of sulfonamides is 1. The number of hydrogen-bond acceptors (Lipinski definition) is 3. The van der Waals surface area contributed by atoms with E-state index in [4.69, 9.17) is 5.11 Å². The average Bonchev–Trinajstić information content (AvgIpc) is 2.35. The molecule has 0 heterocycles. The van der Waals surface area contributed by atoms with Crippen LogP contribution in [0.5, 0.6) is 0 Å². The Morgan fingerprint density at radius 3 is 2.60 bits per heavy atom. The van der Waals surface area contributed by atoms with E-state index in [1.807, 2.05) is 6.92 Å². The summed E-state index contributed by atoms with van der Waals surface area (Å²) in [6.07, 6.45) is 0.781. The van der Waals surface area contributed by atoms with Gasteiger partial charge in [-0.05, 0) is 37.5 Å². The molecule has 1 rings (SSSR count). The summed E-state index contributed by atoms with van der Waals surface area (Å²) in [5, 5.41) is 8.66. The van der Waals surface area contributed by atoms with Crippen LogP contribution in [0.2, 0.25) is 0 Å². The van der Waals surface area contributed by atoms with Gasteiger partial charge in [0.2, 0.25) is 10.0 Å². The highest BCUT2D eigenvalue weighted by Gasteiger charge is 2.18.